The van der Waals surface area contributed by atoms with Crippen molar-refractivity contribution in [3.63, 3.8) is 0 Å². The quantitative estimate of drug-likeness (QED) is 0.846. The third-order valence-electron chi connectivity index (χ3n) is 5.03. The molecule has 128 valence electrons. The van der Waals surface area contributed by atoms with Crippen molar-refractivity contribution >= 4 is 0 Å². The van der Waals surface area contributed by atoms with Gasteiger partial charge in [0.2, 0.25) is 0 Å². The number of hydrogen-bond donors (Lipinski definition) is 1. The molecule has 5 heteroatoms. The Balaban J connectivity index is 1.37. The van der Waals surface area contributed by atoms with Gasteiger partial charge in [-0.25, -0.2) is 4.39 Å². The fraction of sp³-hybridized carbons (Fsp3) is 0.667. The first-order valence-corrected chi connectivity index (χ1v) is 8.61. The van der Waals surface area contributed by atoms with E-state index in [1.807, 2.05) is 0 Å². The van der Waals surface area contributed by atoms with Crippen LogP contribution in [0.2, 0.25) is 0 Å². The molecule has 1 spiro atoms. The molecule has 0 aliphatic carbocycles. The zero-order valence-corrected chi connectivity index (χ0v) is 13.5. The Bertz CT molecular complexity index is 503. The maximum absolute atomic E-state index is 13.4. The minimum atomic E-state index is -0.317. The van der Waals surface area contributed by atoms with Crippen molar-refractivity contribution < 1.29 is 19.0 Å². The number of halogens is 1. The molecule has 0 bridgehead atoms. The van der Waals surface area contributed by atoms with Gasteiger partial charge in [-0.3, -0.25) is 0 Å². The first kappa shape index (κ1) is 16.7. The van der Waals surface area contributed by atoms with Crippen LogP contribution >= 0.6 is 0 Å². The number of hydrogen-bond acceptors (Lipinski definition) is 4. The van der Waals surface area contributed by atoms with Crippen LogP contribution in [0.3, 0.4) is 0 Å². The van der Waals surface area contributed by atoms with Crippen molar-refractivity contribution in [2.24, 2.45) is 0 Å². The summed E-state index contributed by atoms with van der Waals surface area (Å²) in [4.78, 5) is 2.38. The molecule has 23 heavy (non-hydrogen) atoms. The largest absolute Gasteiger partial charge is 0.490 e. The van der Waals surface area contributed by atoms with Crippen molar-refractivity contribution in [2.75, 3.05) is 32.8 Å². The van der Waals surface area contributed by atoms with E-state index in [1.54, 1.807) is 18.2 Å². The SMILES string of the molecule is O[C@H]1CCCOC12CCN(CCCOc1ccccc1F)CC2. The zero-order valence-electron chi connectivity index (χ0n) is 13.5. The first-order chi connectivity index (χ1) is 11.2. The van der Waals surface area contributed by atoms with Gasteiger partial charge in [0.25, 0.3) is 0 Å². The van der Waals surface area contributed by atoms with Gasteiger partial charge >= 0.3 is 0 Å². The predicted molar refractivity (Wildman–Crippen MR) is 86.1 cm³/mol. The third-order valence-corrected chi connectivity index (χ3v) is 5.03. The molecule has 1 aromatic carbocycles. The minimum absolute atomic E-state index is 0.307. The highest BCUT2D eigenvalue weighted by atomic mass is 19.1. The van der Waals surface area contributed by atoms with E-state index in [0.29, 0.717) is 12.4 Å². The minimum Gasteiger partial charge on any atom is -0.490 e. The van der Waals surface area contributed by atoms with E-state index in [-0.39, 0.29) is 17.5 Å². The number of likely N-dealkylation sites (tertiary alicyclic amines) is 1. The Morgan fingerprint density at radius 3 is 2.83 bits per heavy atom. The molecule has 0 radical (unpaired) electrons. The molecule has 3 rings (SSSR count). The standard InChI is InChI=1S/C18H26FNO3/c19-15-5-1-2-6-16(15)22-13-4-10-20-11-8-18(9-12-20)17(21)7-3-14-23-18/h1-2,5-6,17,21H,3-4,7-14H2/t17-/m0/s1. The van der Waals surface area contributed by atoms with E-state index in [1.165, 1.54) is 6.07 Å². The lowest BCUT2D eigenvalue weighted by Gasteiger charge is -2.46. The van der Waals surface area contributed by atoms with Gasteiger partial charge in [-0.05, 0) is 44.2 Å². The summed E-state index contributed by atoms with van der Waals surface area (Å²) >= 11 is 0. The van der Waals surface area contributed by atoms with Crippen LogP contribution in [-0.4, -0.2) is 54.6 Å². The number of para-hydroxylation sites is 1. The normalized spacial score (nSPS) is 24.7. The highest BCUT2D eigenvalue weighted by molar-refractivity contribution is 5.23. The van der Waals surface area contributed by atoms with Gasteiger partial charge in [0.05, 0.1) is 18.3 Å². The summed E-state index contributed by atoms with van der Waals surface area (Å²) in [6.45, 7) is 4.10. The summed E-state index contributed by atoms with van der Waals surface area (Å²) in [5.41, 5.74) is -0.307. The Hall–Kier alpha value is -1.17. The number of piperidine rings is 1. The molecule has 2 saturated heterocycles. The fourth-order valence-electron chi connectivity index (χ4n) is 3.58. The van der Waals surface area contributed by atoms with Crippen LogP contribution in [-0.2, 0) is 4.74 Å². The monoisotopic (exact) mass is 323 g/mol. The lowest BCUT2D eigenvalue weighted by molar-refractivity contribution is -0.176. The fourth-order valence-corrected chi connectivity index (χ4v) is 3.58. The van der Waals surface area contributed by atoms with E-state index < -0.39 is 0 Å². The molecule has 4 nitrogen and oxygen atoms in total. The lowest BCUT2D eigenvalue weighted by atomic mass is 9.82. The molecule has 1 aromatic rings. The predicted octanol–water partition coefficient (Wildman–Crippen LogP) is 2.60. The summed E-state index contributed by atoms with van der Waals surface area (Å²) in [5.74, 6) is 0.0136. The Morgan fingerprint density at radius 1 is 1.30 bits per heavy atom. The maximum Gasteiger partial charge on any atom is 0.165 e. The van der Waals surface area contributed by atoms with Crippen LogP contribution < -0.4 is 4.74 Å². The molecular formula is C18H26FNO3. The van der Waals surface area contributed by atoms with Gasteiger partial charge in [-0.2, -0.15) is 0 Å². The van der Waals surface area contributed by atoms with Crippen molar-refractivity contribution in [2.45, 2.75) is 43.8 Å². The molecule has 0 amide bonds. The van der Waals surface area contributed by atoms with E-state index in [9.17, 15) is 9.50 Å². The molecule has 0 unspecified atom stereocenters. The molecule has 0 aromatic heterocycles. The van der Waals surface area contributed by atoms with E-state index in [0.717, 1.165) is 58.3 Å². The van der Waals surface area contributed by atoms with Crippen molar-refractivity contribution in [3.05, 3.63) is 30.1 Å². The van der Waals surface area contributed by atoms with E-state index >= 15 is 0 Å². The van der Waals surface area contributed by atoms with Crippen LogP contribution in [0.4, 0.5) is 4.39 Å². The number of aliphatic hydroxyl groups excluding tert-OH is 1. The van der Waals surface area contributed by atoms with Gasteiger partial charge in [-0.1, -0.05) is 12.1 Å². The number of rotatable bonds is 5. The second-order valence-corrected chi connectivity index (χ2v) is 6.55. The molecule has 0 saturated carbocycles. The lowest BCUT2D eigenvalue weighted by Crippen LogP contribution is -2.55. The van der Waals surface area contributed by atoms with Crippen molar-refractivity contribution in [1.82, 2.24) is 4.90 Å². The van der Waals surface area contributed by atoms with Crippen LogP contribution in [0, 0.1) is 5.82 Å². The van der Waals surface area contributed by atoms with Gasteiger partial charge in [0, 0.05) is 26.2 Å². The van der Waals surface area contributed by atoms with Crippen LogP contribution in [0.1, 0.15) is 32.1 Å². The molecule has 1 N–H and O–H groups in total. The number of benzene rings is 1. The molecular weight excluding hydrogens is 297 g/mol. The van der Waals surface area contributed by atoms with Gasteiger partial charge in [0.1, 0.15) is 0 Å². The summed E-state index contributed by atoms with van der Waals surface area (Å²) in [6, 6.07) is 6.50. The summed E-state index contributed by atoms with van der Waals surface area (Å²) < 4.78 is 24.8. The van der Waals surface area contributed by atoms with Gasteiger partial charge < -0.3 is 19.5 Å². The van der Waals surface area contributed by atoms with Crippen molar-refractivity contribution in [3.8, 4) is 5.75 Å². The van der Waals surface area contributed by atoms with Crippen LogP contribution in [0.5, 0.6) is 5.75 Å². The van der Waals surface area contributed by atoms with E-state index in [4.69, 9.17) is 9.47 Å². The number of aliphatic hydroxyl groups is 1. The topological polar surface area (TPSA) is 41.9 Å². The number of ether oxygens (including phenoxy) is 2. The highest BCUT2D eigenvalue weighted by Gasteiger charge is 2.43. The molecule has 2 aliphatic rings. The average molecular weight is 323 g/mol. The van der Waals surface area contributed by atoms with E-state index in [2.05, 4.69) is 4.90 Å². The molecule has 2 fully saturated rings. The Labute approximate surface area is 137 Å². The molecule has 2 heterocycles. The number of nitrogens with zero attached hydrogens (tertiary/aromatic N) is 1. The summed E-state index contributed by atoms with van der Waals surface area (Å²) in [7, 11) is 0. The average Bonchev–Trinajstić information content (AvgIpc) is 2.58. The maximum atomic E-state index is 13.4. The smallest absolute Gasteiger partial charge is 0.165 e. The third kappa shape index (κ3) is 4.03. The first-order valence-electron chi connectivity index (χ1n) is 8.61. The summed E-state index contributed by atoms with van der Waals surface area (Å²) in [6.07, 6.45) is 4.15. The molecule has 1 atom stereocenters. The highest BCUT2D eigenvalue weighted by Crippen LogP contribution is 2.35. The summed E-state index contributed by atoms with van der Waals surface area (Å²) in [5, 5.41) is 10.2. The Kier molecular flexibility index (Phi) is 5.51. The van der Waals surface area contributed by atoms with Crippen LogP contribution in [0.25, 0.3) is 0 Å². The second-order valence-electron chi connectivity index (χ2n) is 6.55. The van der Waals surface area contributed by atoms with Gasteiger partial charge in [0.15, 0.2) is 11.6 Å². The van der Waals surface area contributed by atoms with Crippen LogP contribution in [0.15, 0.2) is 24.3 Å². The Morgan fingerprint density at radius 2 is 2.09 bits per heavy atom. The van der Waals surface area contributed by atoms with Crippen molar-refractivity contribution in [1.29, 1.82) is 0 Å². The molecule has 2 aliphatic heterocycles. The second kappa shape index (κ2) is 7.60. The van der Waals surface area contributed by atoms with Gasteiger partial charge in [-0.15, -0.1) is 0 Å². The zero-order chi connectivity index (χ0) is 16.1.